The van der Waals surface area contributed by atoms with Gasteiger partial charge in [-0.25, -0.2) is 8.42 Å². The number of methoxy groups -OCH3 is 2. The number of amides is 1. The highest BCUT2D eigenvalue weighted by molar-refractivity contribution is 7.89. The normalized spacial score (nSPS) is 14.8. The van der Waals surface area contributed by atoms with E-state index in [9.17, 15) is 13.2 Å². The van der Waals surface area contributed by atoms with Crippen molar-refractivity contribution in [1.82, 2.24) is 14.1 Å². The summed E-state index contributed by atoms with van der Waals surface area (Å²) in [7, 11) is -1.00. The quantitative estimate of drug-likeness (QED) is 0.154. The van der Waals surface area contributed by atoms with Crippen molar-refractivity contribution >= 4 is 44.1 Å². The van der Waals surface area contributed by atoms with Crippen LogP contribution < -0.4 is 14.8 Å². The molecule has 0 bridgehead atoms. The van der Waals surface area contributed by atoms with Crippen molar-refractivity contribution in [1.29, 1.82) is 0 Å². The highest BCUT2D eigenvalue weighted by Crippen LogP contribution is 2.33. The van der Waals surface area contributed by atoms with Crippen molar-refractivity contribution in [2.45, 2.75) is 37.4 Å². The maximum atomic E-state index is 14.8. The van der Waals surface area contributed by atoms with E-state index in [1.165, 1.54) is 10.4 Å². The van der Waals surface area contributed by atoms with Gasteiger partial charge < -0.3 is 19.5 Å². The molecule has 250 valence electrons. The summed E-state index contributed by atoms with van der Waals surface area (Å²) in [6, 6.07) is 25.0. The minimum absolute atomic E-state index is 0.0273. The van der Waals surface area contributed by atoms with Crippen LogP contribution in [0.15, 0.2) is 96.0 Å². The van der Waals surface area contributed by atoms with Gasteiger partial charge in [-0.1, -0.05) is 54.1 Å². The molecule has 2 heterocycles. The van der Waals surface area contributed by atoms with Gasteiger partial charge in [0.25, 0.3) is 0 Å². The first-order valence-corrected chi connectivity index (χ1v) is 17.4. The van der Waals surface area contributed by atoms with Gasteiger partial charge in [-0.15, -0.1) is 0 Å². The number of nitrogens with zero attached hydrogens (tertiary/aromatic N) is 3. The molecule has 4 aromatic carbocycles. The average Bonchev–Trinajstić information content (AvgIpc) is 3.76. The Morgan fingerprint density at radius 2 is 1.62 bits per heavy atom. The van der Waals surface area contributed by atoms with Gasteiger partial charge >= 0.3 is 0 Å². The summed E-state index contributed by atoms with van der Waals surface area (Å²) in [5, 5.41) is 8.49. The SMILES string of the molecule is COc1ccc(CN(Cc2ccc(OC)cc2)S(=O)(=O)c2cc(NC(=O)Cc3ccccc3Cl)cc3c2cnn3CC2CCOC2)cc1. The highest BCUT2D eigenvalue weighted by Gasteiger charge is 2.30. The Labute approximate surface area is 285 Å². The number of carbonyl (C=O) groups is 1. The van der Waals surface area contributed by atoms with Crippen LogP contribution in [0.5, 0.6) is 11.5 Å². The van der Waals surface area contributed by atoms with E-state index in [0.29, 0.717) is 58.4 Å². The van der Waals surface area contributed by atoms with Gasteiger partial charge in [0.2, 0.25) is 15.9 Å². The number of ether oxygens (including phenoxy) is 3. The second kappa shape index (κ2) is 14.8. The second-order valence-electron chi connectivity index (χ2n) is 11.7. The van der Waals surface area contributed by atoms with Gasteiger partial charge in [-0.05, 0) is 65.6 Å². The van der Waals surface area contributed by atoms with Crippen molar-refractivity contribution in [3.8, 4) is 11.5 Å². The molecule has 1 unspecified atom stereocenters. The van der Waals surface area contributed by atoms with E-state index in [-0.39, 0.29) is 36.2 Å². The third-order valence-electron chi connectivity index (χ3n) is 8.43. The Bertz CT molecular complexity index is 1940. The number of aromatic nitrogens is 2. The number of carbonyl (C=O) groups excluding carboxylic acids is 1. The summed E-state index contributed by atoms with van der Waals surface area (Å²) in [5.74, 6) is 1.26. The maximum Gasteiger partial charge on any atom is 0.244 e. The molecule has 1 N–H and O–H groups in total. The van der Waals surface area contributed by atoms with E-state index < -0.39 is 10.0 Å². The van der Waals surface area contributed by atoms with Gasteiger partial charge in [0.05, 0.1) is 43.9 Å². The fourth-order valence-corrected chi connectivity index (χ4v) is 7.63. The van der Waals surface area contributed by atoms with Gasteiger partial charge in [-0.3, -0.25) is 9.48 Å². The minimum atomic E-state index is -4.17. The molecule has 1 atom stereocenters. The van der Waals surface area contributed by atoms with Crippen LogP contribution in [0.2, 0.25) is 5.02 Å². The Morgan fingerprint density at radius 3 is 2.21 bits per heavy atom. The third-order valence-corrected chi connectivity index (χ3v) is 10.6. The lowest BCUT2D eigenvalue weighted by Crippen LogP contribution is -2.30. The molecule has 1 aliphatic rings. The fourth-order valence-electron chi connectivity index (χ4n) is 5.80. The molecule has 1 aliphatic heterocycles. The Hall–Kier alpha value is -4.42. The van der Waals surface area contributed by atoms with E-state index in [4.69, 9.17) is 25.8 Å². The van der Waals surface area contributed by atoms with E-state index in [2.05, 4.69) is 10.4 Å². The lowest BCUT2D eigenvalue weighted by Gasteiger charge is -2.24. The Morgan fingerprint density at radius 1 is 0.979 bits per heavy atom. The molecule has 0 aliphatic carbocycles. The van der Waals surface area contributed by atoms with Gasteiger partial charge in [0, 0.05) is 48.3 Å². The standard InChI is InChI=1S/C36H37ClN4O6S/c1-45-30-11-7-25(8-12-30)21-40(22-26-9-13-31(46-2)14-10-26)48(43,44)35-19-29(39-36(42)17-28-5-3-4-6-33(28)37)18-34-32(35)20-38-41(34)23-27-15-16-47-24-27/h3-14,18-20,27H,15-17,21-24H2,1-2H3,(H,39,42). The van der Waals surface area contributed by atoms with E-state index in [1.807, 2.05) is 30.3 Å². The molecule has 5 aromatic rings. The van der Waals surface area contributed by atoms with Gasteiger partial charge in [0.1, 0.15) is 11.5 Å². The van der Waals surface area contributed by atoms with Crippen LogP contribution in [0.3, 0.4) is 0 Å². The summed E-state index contributed by atoms with van der Waals surface area (Å²) in [4.78, 5) is 13.3. The first-order valence-electron chi connectivity index (χ1n) is 15.6. The number of hydrogen-bond acceptors (Lipinski definition) is 7. The summed E-state index contributed by atoms with van der Waals surface area (Å²) in [6.45, 7) is 2.03. The van der Waals surface area contributed by atoms with Crippen molar-refractivity contribution in [3.63, 3.8) is 0 Å². The number of benzene rings is 4. The lowest BCUT2D eigenvalue weighted by atomic mass is 10.1. The molecule has 0 spiro atoms. The van der Waals surface area contributed by atoms with Gasteiger partial charge in [0.15, 0.2) is 0 Å². The number of sulfonamides is 1. The van der Waals surface area contributed by atoms with E-state index in [0.717, 1.165) is 17.5 Å². The molecule has 48 heavy (non-hydrogen) atoms. The minimum Gasteiger partial charge on any atom is -0.497 e. The van der Waals surface area contributed by atoms with Crippen LogP contribution in [0, 0.1) is 5.92 Å². The molecular weight excluding hydrogens is 652 g/mol. The summed E-state index contributed by atoms with van der Waals surface area (Å²) < 4.78 is 49.1. The Balaban J connectivity index is 1.41. The number of halogens is 1. The van der Waals surface area contributed by atoms with Crippen molar-refractivity contribution < 1.29 is 27.4 Å². The van der Waals surface area contributed by atoms with Crippen molar-refractivity contribution in [2.24, 2.45) is 5.92 Å². The third kappa shape index (κ3) is 7.65. The van der Waals surface area contributed by atoms with Crippen molar-refractivity contribution in [2.75, 3.05) is 32.8 Å². The zero-order valence-electron chi connectivity index (χ0n) is 26.8. The molecule has 1 aromatic heterocycles. The fraction of sp³-hybridized carbons (Fsp3) is 0.278. The van der Waals surface area contributed by atoms with Crippen LogP contribution in [0.1, 0.15) is 23.1 Å². The summed E-state index contributed by atoms with van der Waals surface area (Å²) >= 11 is 6.32. The number of hydrogen-bond donors (Lipinski definition) is 1. The zero-order valence-corrected chi connectivity index (χ0v) is 28.3. The first-order chi connectivity index (χ1) is 23.2. The largest absolute Gasteiger partial charge is 0.497 e. The molecule has 1 fully saturated rings. The number of fused-ring (bicyclic) bond motifs is 1. The molecular formula is C36H37ClN4O6S. The Kier molecular flexibility index (Phi) is 10.3. The summed E-state index contributed by atoms with van der Waals surface area (Å²) in [6.07, 6.45) is 2.50. The molecule has 12 heteroatoms. The molecule has 1 amide bonds. The molecule has 10 nitrogen and oxygen atoms in total. The monoisotopic (exact) mass is 688 g/mol. The first kappa shape index (κ1) is 33.5. The predicted octanol–water partition coefficient (Wildman–Crippen LogP) is 6.32. The molecule has 0 saturated carbocycles. The van der Waals surface area contributed by atoms with Crippen molar-refractivity contribution in [3.05, 3.63) is 113 Å². The number of nitrogens with one attached hydrogen (secondary N) is 1. The zero-order chi connectivity index (χ0) is 33.7. The lowest BCUT2D eigenvalue weighted by molar-refractivity contribution is -0.115. The molecule has 0 radical (unpaired) electrons. The van der Waals surface area contributed by atoms with E-state index in [1.54, 1.807) is 73.6 Å². The maximum absolute atomic E-state index is 14.8. The highest BCUT2D eigenvalue weighted by atomic mass is 35.5. The van der Waals surface area contributed by atoms with Crippen LogP contribution in [-0.4, -0.2) is 55.8 Å². The average molecular weight is 689 g/mol. The number of rotatable bonds is 13. The van der Waals surface area contributed by atoms with Crippen LogP contribution in [0.25, 0.3) is 10.9 Å². The molecule has 6 rings (SSSR count). The van der Waals surface area contributed by atoms with Crippen LogP contribution in [-0.2, 0) is 45.6 Å². The van der Waals surface area contributed by atoms with Gasteiger partial charge in [-0.2, -0.15) is 9.40 Å². The van der Waals surface area contributed by atoms with E-state index >= 15 is 0 Å². The second-order valence-corrected chi connectivity index (χ2v) is 14.1. The predicted molar refractivity (Wildman–Crippen MR) is 185 cm³/mol. The number of anilines is 1. The summed E-state index contributed by atoms with van der Waals surface area (Å²) in [5.41, 5.74) is 3.18. The topological polar surface area (TPSA) is 112 Å². The molecule has 1 saturated heterocycles. The smallest absolute Gasteiger partial charge is 0.244 e. The van der Waals surface area contributed by atoms with Crippen LogP contribution >= 0.6 is 11.6 Å². The van der Waals surface area contributed by atoms with Crippen LogP contribution in [0.4, 0.5) is 5.69 Å².